The topological polar surface area (TPSA) is 84.9 Å². The zero-order chi connectivity index (χ0) is 13.5. The van der Waals surface area contributed by atoms with Crippen LogP contribution in [0.4, 0.5) is 0 Å². The van der Waals surface area contributed by atoms with Gasteiger partial charge in [0.15, 0.2) is 0 Å². The Morgan fingerprint density at radius 1 is 1.44 bits per heavy atom. The Balaban J connectivity index is 2.60. The first-order chi connectivity index (χ1) is 8.60. The maximum atomic E-state index is 11.3. The molecular formula is C12H19NO5. The summed E-state index contributed by atoms with van der Waals surface area (Å²) in [6, 6.07) is -0.364. The molecule has 6 heteroatoms. The molecule has 1 heterocycles. The average molecular weight is 257 g/mol. The van der Waals surface area contributed by atoms with Crippen LogP contribution >= 0.6 is 0 Å². The fourth-order valence-corrected chi connectivity index (χ4v) is 1.67. The van der Waals surface area contributed by atoms with Crippen LogP contribution in [0.3, 0.4) is 0 Å². The Bertz CT molecular complexity index is 328. The minimum absolute atomic E-state index is 0.0952. The maximum Gasteiger partial charge on any atom is 0.308 e. The second-order valence-corrected chi connectivity index (χ2v) is 4.01. The first-order valence-electron chi connectivity index (χ1n) is 5.91. The highest BCUT2D eigenvalue weighted by atomic mass is 16.5. The summed E-state index contributed by atoms with van der Waals surface area (Å²) in [5.41, 5.74) is 0. The lowest BCUT2D eigenvalue weighted by molar-refractivity contribution is -0.145. The number of aliphatic hydroxyl groups excluding tert-OH is 1. The number of rotatable bonds is 5. The van der Waals surface area contributed by atoms with Gasteiger partial charge in [-0.1, -0.05) is 19.1 Å². The fourth-order valence-electron chi connectivity index (χ4n) is 1.67. The van der Waals surface area contributed by atoms with Gasteiger partial charge in [-0.2, -0.15) is 0 Å². The van der Waals surface area contributed by atoms with Crippen molar-refractivity contribution >= 4 is 11.9 Å². The van der Waals surface area contributed by atoms with Crippen molar-refractivity contribution in [2.24, 2.45) is 0 Å². The molecule has 0 spiro atoms. The zero-order valence-electron chi connectivity index (χ0n) is 10.6. The van der Waals surface area contributed by atoms with Crippen molar-refractivity contribution in [2.75, 3.05) is 13.7 Å². The van der Waals surface area contributed by atoms with E-state index < -0.39 is 12.2 Å². The number of carbonyl (C=O) groups is 2. The van der Waals surface area contributed by atoms with E-state index in [1.807, 2.05) is 0 Å². The van der Waals surface area contributed by atoms with Gasteiger partial charge in [0.1, 0.15) is 6.10 Å². The summed E-state index contributed by atoms with van der Waals surface area (Å²) >= 11 is 0. The van der Waals surface area contributed by atoms with Crippen LogP contribution < -0.4 is 5.32 Å². The maximum absolute atomic E-state index is 11.3. The van der Waals surface area contributed by atoms with Gasteiger partial charge in [-0.05, 0) is 0 Å². The molecule has 0 unspecified atom stereocenters. The highest BCUT2D eigenvalue weighted by Crippen LogP contribution is 2.16. The predicted molar refractivity (Wildman–Crippen MR) is 63.7 cm³/mol. The van der Waals surface area contributed by atoms with Gasteiger partial charge in [0, 0.05) is 6.42 Å². The molecule has 0 aromatic heterocycles. The third kappa shape index (κ3) is 4.12. The van der Waals surface area contributed by atoms with Gasteiger partial charge >= 0.3 is 5.97 Å². The van der Waals surface area contributed by atoms with Crippen LogP contribution in [-0.2, 0) is 19.1 Å². The molecule has 0 aliphatic carbocycles. The number of amides is 1. The normalized spacial score (nSPS) is 26.7. The molecule has 0 aromatic carbocycles. The molecule has 0 saturated heterocycles. The van der Waals surface area contributed by atoms with Gasteiger partial charge in [-0.3, -0.25) is 9.59 Å². The van der Waals surface area contributed by atoms with Crippen LogP contribution in [0.1, 0.15) is 19.8 Å². The number of ether oxygens (including phenoxy) is 2. The molecule has 0 aromatic rings. The molecule has 2 N–H and O–H groups in total. The molecule has 1 aliphatic rings. The number of hydrogen-bond donors (Lipinski definition) is 2. The Hall–Kier alpha value is -1.40. The molecule has 0 bridgehead atoms. The lowest BCUT2D eigenvalue weighted by Gasteiger charge is -2.31. The smallest absolute Gasteiger partial charge is 0.308 e. The van der Waals surface area contributed by atoms with E-state index in [1.54, 1.807) is 19.1 Å². The van der Waals surface area contributed by atoms with Crippen molar-refractivity contribution in [1.82, 2.24) is 5.32 Å². The Kier molecular flexibility index (Phi) is 5.80. The molecule has 1 amide bonds. The van der Waals surface area contributed by atoms with Crippen LogP contribution in [0, 0.1) is 0 Å². The Morgan fingerprint density at radius 2 is 2.17 bits per heavy atom. The van der Waals surface area contributed by atoms with Crippen LogP contribution in [0.25, 0.3) is 0 Å². The lowest BCUT2D eigenvalue weighted by Crippen LogP contribution is -2.48. The Labute approximate surface area is 106 Å². The van der Waals surface area contributed by atoms with Gasteiger partial charge in [0.2, 0.25) is 5.91 Å². The number of esters is 1. The molecule has 1 rings (SSSR count). The first kappa shape index (κ1) is 14.7. The summed E-state index contributed by atoms with van der Waals surface area (Å²) in [6.45, 7) is 1.52. The van der Waals surface area contributed by atoms with Gasteiger partial charge in [-0.25, -0.2) is 0 Å². The third-order valence-electron chi connectivity index (χ3n) is 2.71. The van der Waals surface area contributed by atoms with E-state index in [-0.39, 0.29) is 30.9 Å². The molecule has 18 heavy (non-hydrogen) atoms. The highest BCUT2D eigenvalue weighted by Gasteiger charge is 2.28. The standard InChI is InChI=1S/C12H19NO5/c1-3-11(15)13-9-5-4-8(6-12(16)17-2)18-10(9)7-14/h4-5,8-10,14H,3,6-7H2,1-2H3,(H,13,15)/t8-,9-,10+/m0/s1. The van der Waals surface area contributed by atoms with Crippen molar-refractivity contribution in [2.45, 2.75) is 38.0 Å². The van der Waals surface area contributed by atoms with Gasteiger partial charge in [0.05, 0.1) is 32.3 Å². The predicted octanol–water partition coefficient (Wildman–Crippen LogP) is -0.240. The van der Waals surface area contributed by atoms with Crippen molar-refractivity contribution < 1.29 is 24.2 Å². The molecule has 3 atom stereocenters. The first-order valence-corrected chi connectivity index (χ1v) is 5.91. The molecule has 102 valence electrons. The second-order valence-electron chi connectivity index (χ2n) is 4.01. The van der Waals surface area contributed by atoms with Gasteiger partial charge < -0.3 is 19.9 Å². The van der Waals surface area contributed by atoms with Crippen molar-refractivity contribution in [3.05, 3.63) is 12.2 Å². The molecule has 6 nitrogen and oxygen atoms in total. The van der Waals surface area contributed by atoms with Gasteiger partial charge in [-0.15, -0.1) is 0 Å². The van der Waals surface area contributed by atoms with Crippen molar-refractivity contribution in [1.29, 1.82) is 0 Å². The third-order valence-corrected chi connectivity index (χ3v) is 2.71. The summed E-state index contributed by atoms with van der Waals surface area (Å²) in [5.74, 6) is -0.490. The summed E-state index contributed by atoms with van der Waals surface area (Å²) < 4.78 is 10.1. The minimum Gasteiger partial charge on any atom is -0.469 e. The van der Waals surface area contributed by atoms with Crippen molar-refractivity contribution in [3.8, 4) is 0 Å². The van der Waals surface area contributed by atoms with E-state index in [9.17, 15) is 14.7 Å². The minimum atomic E-state index is -0.542. The second kappa shape index (κ2) is 7.13. The fraction of sp³-hybridized carbons (Fsp3) is 0.667. The van der Waals surface area contributed by atoms with Crippen molar-refractivity contribution in [3.63, 3.8) is 0 Å². The van der Waals surface area contributed by atoms with Crippen LogP contribution in [0.5, 0.6) is 0 Å². The van der Waals surface area contributed by atoms with Crippen LogP contribution in [-0.4, -0.2) is 48.9 Å². The van der Waals surface area contributed by atoms with Gasteiger partial charge in [0.25, 0.3) is 0 Å². The molecular weight excluding hydrogens is 238 g/mol. The van der Waals surface area contributed by atoms with E-state index in [0.29, 0.717) is 6.42 Å². The number of nitrogens with one attached hydrogen (secondary N) is 1. The number of carbonyl (C=O) groups excluding carboxylic acids is 2. The average Bonchev–Trinajstić information content (AvgIpc) is 2.39. The monoisotopic (exact) mass is 257 g/mol. The Morgan fingerprint density at radius 3 is 2.72 bits per heavy atom. The largest absolute Gasteiger partial charge is 0.469 e. The molecule has 1 aliphatic heterocycles. The lowest BCUT2D eigenvalue weighted by atomic mass is 10.0. The quantitative estimate of drug-likeness (QED) is 0.524. The van der Waals surface area contributed by atoms with E-state index in [1.165, 1.54) is 7.11 Å². The van der Waals surface area contributed by atoms with E-state index in [2.05, 4.69) is 10.1 Å². The number of methoxy groups -OCH3 is 1. The summed E-state index contributed by atoms with van der Waals surface area (Å²) in [5, 5.41) is 12.0. The van der Waals surface area contributed by atoms with Crippen LogP contribution in [0.2, 0.25) is 0 Å². The SMILES string of the molecule is CCC(=O)N[C@H]1C=C[C@@H](CC(=O)OC)O[C@@H]1CO. The van der Waals surface area contributed by atoms with E-state index in [4.69, 9.17) is 4.74 Å². The number of hydrogen-bond acceptors (Lipinski definition) is 5. The molecule has 0 fully saturated rings. The van der Waals surface area contributed by atoms with E-state index >= 15 is 0 Å². The van der Waals surface area contributed by atoms with E-state index in [0.717, 1.165) is 0 Å². The molecule has 0 saturated carbocycles. The zero-order valence-corrected chi connectivity index (χ0v) is 10.6. The molecule has 0 radical (unpaired) electrons. The summed E-state index contributed by atoms with van der Waals surface area (Å²) in [6.07, 6.45) is 2.94. The summed E-state index contributed by atoms with van der Waals surface area (Å²) in [4.78, 5) is 22.4. The highest BCUT2D eigenvalue weighted by molar-refractivity contribution is 5.76. The number of aliphatic hydroxyl groups is 1. The van der Waals surface area contributed by atoms with Crippen LogP contribution in [0.15, 0.2) is 12.2 Å². The summed E-state index contributed by atoms with van der Waals surface area (Å²) in [7, 11) is 1.31.